The van der Waals surface area contributed by atoms with Crippen LogP contribution in [0.1, 0.15) is 69.1 Å². The number of fused-ring (bicyclic) bond motifs is 1. The van der Waals surface area contributed by atoms with Crippen LogP contribution >= 0.6 is 0 Å². The fourth-order valence-electron chi connectivity index (χ4n) is 3.69. The van der Waals surface area contributed by atoms with Gasteiger partial charge in [0.1, 0.15) is 11.5 Å². The molecule has 0 radical (unpaired) electrons. The smallest absolute Gasteiger partial charge is 0.222 e. The molecule has 21 heavy (non-hydrogen) atoms. The lowest BCUT2D eigenvalue weighted by Gasteiger charge is -2.39. The number of carbonyl (C=O) groups is 1. The first-order valence-electron chi connectivity index (χ1n) is 7.94. The van der Waals surface area contributed by atoms with E-state index >= 15 is 0 Å². The Kier molecular flexibility index (Phi) is 3.40. The highest BCUT2D eigenvalue weighted by molar-refractivity contribution is 5.78. The van der Waals surface area contributed by atoms with Gasteiger partial charge in [-0.2, -0.15) is 0 Å². The van der Waals surface area contributed by atoms with Crippen LogP contribution in [0, 0.1) is 12.3 Å². The van der Waals surface area contributed by atoms with Gasteiger partial charge in [0.2, 0.25) is 5.91 Å². The maximum atomic E-state index is 12.3. The van der Waals surface area contributed by atoms with Crippen molar-refractivity contribution in [2.45, 2.75) is 70.9 Å². The molecule has 3 rings (SSSR count). The van der Waals surface area contributed by atoms with Gasteiger partial charge in [-0.3, -0.25) is 4.79 Å². The number of rotatable bonds is 3. The van der Waals surface area contributed by atoms with Crippen LogP contribution in [0.4, 0.5) is 0 Å². The Morgan fingerprint density at radius 3 is 2.81 bits per heavy atom. The Morgan fingerprint density at radius 1 is 1.48 bits per heavy atom. The molecule has 2 aliphatic carbocycles. The Balaban J connectivity index is 1.73. The molecular weight excluding hydrogens is 264 g/mol. The van der Waals surface area contributed by atoms with Gasteiger partial charge in [-0.25, -0.2) is 0 Å². The second kappa shape index (κ2) is 4.87. The van der Waals surface area contributed by atoms with Crippen molar-refractivity contribution in [3.63, 3.8) is 0 Å². The molecule has 1 unspecified atom stereocenters. The Hall–Kier alpha value is -1.29. The minimum atomic E-state index is -0.261. The zero-order valence-corrected chi connectivity index (χ0v) is 13.3. The number of hydrogen-bond donors (Lipinski definition) is 2. The van der Waals surface area contributed by atoms with Crippen molar-refractivity contribution >= 4 is 5.91 Å². The summed E-state index contributed by atoms with van der Waals surface area (Å²) in [5.41, 5.74) is 7.22. The summed E-state index contributed by atoms with van der Waals surface area (Å²) >= 11 is 0. The van der Waals surface area contributed by atoms with Gasteiger partial charge in [-0.05, 0) is 44.1 Å². The lowest BCUT2D eigenvalue weighted by molar-refractivity contribution is -0.124. The summed E-state index contributed by atoms with van der Waals surface area (Å²) in [5.74, 6) is 2.02. The molecule has 116 valence electrons. The molecule has 1 aromatic heterocycles. The quantitative estimate of drug-likeness (QED) is 0.899. The van der Waals surface area contributed by atoms with Crippen LogP contribution in [0.5, 0.6) is 0 Å². The summed E-state index contributed by atoms with van der Waals surface area (Å²) in [6.45, 7) is 6.42. The monoisotopic (exact) mass is 290 g/mol. The number of hydrogen-bond acceptors (Lipinski definition) is 3. The van der Waals surface area contributed by atoms with Gasteiger partial charge in [0.25, 0.3) is 0 Å². The van der Waals surface area contributed by atoms with Crippen LogP contribution in [0.2, 0.25) is 0 Å². The maximum absolute atomic E-state index is 12.3. The van der Waals surface area contributed by atoms with Gasteiger partial charge < -0.3 is 15.5 Å². The Labute approximate surface area is 126 Å². The Bertz CT molecular complexity index is 555. The van der Waals surface area contributed by atoms with Crippen molar-refractivity contribution in [3.05, 3.63) is 23.2 Å². The number of amides is 1. The van der Waals surface area contributed by atoms with Gasteiger partial charge in [-0.1, -0.05) is 13.8 Å². The van der Waals surface area contributed by atoms with Crippen molar-refractivity contribution < 1.29 is 9.21 Å². The molecule has 0 saturated heterocycles. The largest absolute Gasteiger partial charge is 0.466 e. The lowest BCUT2D eigenvalue weighted by Crippen LogP contribution is -2.50. The SMILES string of the molecule is Cc1cc2c(o1)CC(C)(C)CC2NC(=O)CC1(N)CCC1. The van der Waals surface area contributed by atoms with Crippen LogP contribution in [0.15, 0.2) is 10.5 Å². The van der Waals surface area contributed by atoms with E-state index in [1.54, 1.807) is 0 Å². The molecule has 2 aliphatic rings. The van der Waals surface area contributed by atoms with E-state index in [4.69, 9.17) is 10.2 Å². The van der Waals surface area contributed by atoms with Gasteiger partial charge in [0.05, 0.1) is 6.04 Å². The normalized spacial score (nSPS) is 25.8. The molecule has 1 amide bonds. The molecule has 1 atom stereocenters. The minimum absolute atomic E-state index is 0.0531. The van der Waals surface area contributed by atoms with Crippen LogP contribution in [0.25, 0.3) is 0 Å². The van der Waals surface area contributed by atoms with Crippen LogP contribution in [0.3, 0.4) is 0 Å². The predicted molar refractivity (Wildman–Crippen MR) is 81.8 cm³/mol. The number of carbonyl (C=O) groups excluding carboxylic acids is 1. The standard InChI is InChI=1S/C17H26N2O2/c1-11-7-12-13(8-16(2,3)9-14(12)21-11)19-15(20)10-17(18)5-4-6-17/h7,13H,4-6,8-10,18H2,1-3H3,(H,19,20). The fourth-order valence-corrected chi connectivity index (χ4v) is 3.69. The lowest BCUT2D eigenvalue weighted by atomic mass is 9.73. The molecular formula is C17H26N2O2. The molecule has 1 fully saturated rings. The number of aryl methyl sites for hydroxylation is 1. The van der Waals surface area contributed by atoms with Gasteiger partial charge >= 0.3 is 0 Å². The minimum Gasteiger partial charge on any atom is -0.466 e. The Morgan fingerprint density at radius 2 is 2.19 bits per heavy atom. The molecule has 1 saturated carbocycles. The van der Waals surface area contributed by atoms with E-state index in [-0.39, 0.29) is 22.9 Å². The van der Waals surface area contributed by atoms with Gasteiger partial charge in [0.15, 0.2) is 0 Å². The zero-order valence-electron chi connectivity index (χ0n) is 13.3. The van der Waals surface area contributed by atoms with E-state index in [2.05, 4.69) is 25.2 Å². The third-order valence-corrected chi connectivity index (χ3v) is 4.93. The van der Waals surface area contributed by atoms with E-state index in [1.807, 2.05) is 6.92 Å². The average Bonchev–Trinajstić information content (AvgIpc) is 2.65. The summed E-state index contributed by atoms with van der Waals surface area (Å²) in [6, 6.07) is 2.12. The topological polar surface area (TPSA) is 68.3 Å². The predicted octanol–water partition coefficient (Wildman–Crippen LogP) is 2.99. The van der Waals surface area contributed by atoms with Crippen LogP contribution in [-0.4, -0.2) is 11.4 Å². The first-order valence-corrected chi connectivity index (χ1v) is 7.94. The highest BCUT2D eigenvalue weighted by atomic mass is 16.3. The summed E-state index contributed by atoms with van der Waals surface area (Å²) in [6.07, 6.45) is 5.40. The number of nitrogens with two attached hydrogens (primary N) is 1. The van der Waals surface area contributed by atoms with Crippen LogP contribution < -0.4 is 11.1 Å². The molecule has 0 aliphatic heterocycles. The van der Waals surface area contributed by atoms with Crippen molar-refractivity contribution in [1.29, 1.82) is 0 Å². The summed E-state index contributed by atoms with van der Waals surface area (Å²) in [7, 11) is 0. The molecule has 0 aromatic carbocycles. The summed E-state index contributed by atoms with van der Waals surface area (Å²) < 4.78 is 5.81. The van der Waals surface area contributed by atoms with Gasteiger partial charge in [-0.15, -0.1) is 0 Å². The molecule has 3 N–H and O–H groups in total. The average molecular weight is 290 g/mol. The highest BCUT2D eigenvalue weighted by Crippen LogP contribution is 2.42. The van der Waals surface area contributed by atoms with Crippen LogP contribution in [-0.2, 0) is 11.2 Å². The molecule has 0 bridgehead atoms. The third kappa shape index (κ3) is 3.00. The van der Waals surface area contributed by atoms with Crippen molar-refractivity contribution in [2.24, 2.45) is 11.1 Å². The van der Waals surface area contributed by atoms with E-state index in [0.717, 1.165) is 49.2 Å². The number of furan rings is 1. The first kappa shape index (κ1) is 14.6. The summed E-state index contributed by atoms with van der Waals surface area (Å²) in [4.78, 5) is 12.3. The fraction of sp³-hybridized carbons (Fsp3) is 0.706. The second-order valence-electron chi connectivity index (χ2n) is 7.79. The summed E-state index contributed by atoms with van der Waals surface area (Å²) in [5, 5.41) is 3.19. The van der Waals surface area contributed by atoms with Crippen molar-refractivity contribution in [2.75, 3.05) is 0 Å². The van der Waals surface area contributed by atoms with E-state index in [1.165, 1.54) is 0 Å². The zero-order chi connectivity index (χ0) is 15.3. The maximum Gasteiger partial charge on any atom is 0.222 e. The van der Waals surface area contributed by atoms with E-state index < -0.39 is 0 Å². The molecule has 1 heterocycles. The van der Waals surface area contributed by atoms with Crippen molar-refractivity contribution in [3.8, 4) is 0 Å². The molecule has 4 heteroatoms. The molecule has 0 spiro atoms. The van der Waals surface area contributed by atoms with E-state index in [9.17, 15) is 4.79 Å². The number of nitrogens with one attached hydrogen (secondary N) is 1. The third-order valence-electron chi connectivity index (χ3n) is 4.93. The van der Waals surface area contributed by atoms with Crippen molar-refractivity contribution in [1.82, 2.24) is 5.32 Å². The van der Waals surface area contributed by atoms with E-state index in [0.29, 0.717) is 6.42 Å². The first-order chi connectivity index (χ1) is 9.76. The highest BCUT2D eigenvalue weighted by Gasteiger charge is 2.38. The molecule has 1 aromatic rings. The second-order valence-corrected chi connectivity index (χ2v) is 7.79. The molecule has 4 nitrogen and oxygen atoms in total. The van der Waals surface area contributed by atoms with Gasteiger partial charge in [0, 0.05) is 23.9 Å².